The Morgan fingerprint density at radius 3 is 2.29 bits per heavy atom. The summed E-state index contributed by atoms with van der Waals surface area (Å²) in [7, 11) is 0. The topological polar surface area (TPSA) is 99.7 Å². The molecule has 0 bridgehead atoms. The molecule has 2 aromatic carbocycles. The molecule has 3 N–H and O–H groups in total. The molecule has 0 unspecified atom stereocenters. The number of hydrazone groups is 1. The van der Waals surface area contributed by atoms with E-state index in [1.54, 1.807) is 37.3 Å². The molecule has 0 aliphatic heterocycles. The van der Waals surface area contributed by atoms with Gasteiger partial charge in [-0.3, -0.25) is 14.4 Å². The maximum atomic E-state index is 12.0. The fourth-order valence-corrected chi connectivity index (χ4v) is 2.61. The van der Waals surface area contributed by atoms with Crippen LogP contribution in [0, 0.1) is 10.5 Å². The average molecular weight is 513 g/mol. The summed E-state index contributed by atoms with van der Waals surface area (Å²) in [5.74, 6) is -2.12. The van der Waals surface area contributed by atoms with Crippen LogP contribution in [0.25, 0.3) is 0 Å². The lowest BCUT2D eigenvalue weighted by Gasteiger charge is -2.07. The quantitative estimate of drug-likeness (QED) is 0.246. The number of amides is 3. The number of nitrogens with one attached hydrogen (secondary N) is 3. The van der Waals surface area contributed by atoms with E-state index < -0.39 is 11.8 Å². The molecule has 0 atom stereocenters. The molecular formula is C19H18ClIN4O3. The summed E-state index contributed by atoms with van der Waals surface area (Å²) in [5.41, 5.74) is 4.39. The smallest absolute Gasteiger partial charge is 0.326 e. The van der Waals surface area contributed by atoms with Crippen LogP contribution in [0.4, 0.5) is 11.4 Å². The van der Waals surface area contributed by atoms with Gasteiger partial charge in [0.25, 0.3) is 0 Å². The number of benzene rings is 2. The molecule has 2 rings (SSSR count). The lowest BCUT2D eigenvalue weighted by Crippen LogP contribution is -2.33. The molecule has 0 fully saturated rings. The highest BCUT2D eigenvalue weighted by atomic mass is 127. The SMILES string of the molecule is CC(CC(=O)Nc1ccc(I)cc1)=NNC(=O)C(=O)Nc1ccc(C)c(Cl)c1. The molecule has 0 radical (unpaired) electrons. The Morgan fingerprint density at radius 2 is 1.64 bits per heavy atom. The van der Waals surface area contributed by atoms with Crippen LogP contribution in [-0.4, -0.2) is 23.4 Å². The first kappa shape index (κ1) is 21.8. The predicted octanol–water partition coefficient (Wildman–Crippen LogP) is 3.71. The van der Waals surface area contributed by atoms with Crippen LogP contribution in [0.3, 0.4) is 0 Å². The highest BCUT2D eigenvalue weighted by Gasteiger charge is 2.14. The van der Waals surface area contributed by atoms with E-state index >= 15 is 0 Å². The number of halogens is 2. The van der Waals surface area contributed by atoms with Gasteiger partial charge in [0, 0.05) is 25.7 Å². The zero-order valence-corrected chi connectivity index (χ0v) is 18.1. The van der Waals surface area contributed by atoms with Crippen molar-refractivity contribution in [3.8, 4) is 0 Å². The Balaban J connectivity index is 1.84. The molecule has 7 nitrogen and oxygen atoms in total. The van der Waals surface area contributed by atoms with Crippen molar-refractivity contribution < 1.29 is 14.4 Å². The normalized spacial score (nSPS) is 10.9. The fraction of sp³-hybridized carbons (Fsp3) is 0.158. The Kier molecular flexibility index (Phi) is 7.94. The molecule has 146 valence electrons. The molecule has 3 amide bonds. The van der Waals surface area contributed by atoms with Gasteiger partial charge in [0.2, 0.25) is 5.91 Å². The number of carbonyl (C=O) groups excluding carboxylic acids is 3. The minimum absolute atomic E-state index is 0.0263. The summed E-state index contributed by atoms with van der Waals surface area (Å²) in [6.07, 6.45) is -0.0263. The van der Waals surface area contributed by atoms with Crippen molar-refractivity contribution in [2.45, 2.75) is 20.3 Å². The van der Waals surface area contributed by atoms with Gasteiger partial charge >= 0.3 is 11.8 Å². The maximum absolute atomic E-state index is 12.0. The van der Waals surface area contributed by atoms with Crippen LogP contribution >= 0.6 is 34.2 Å². The average Bonchev–Trinajstić information content (AvgIpc) is 2.64. The minimum Gasteiger partial charge on any atom is -0.326 e. The second-order valence-electron chi connectivity index (χ2n) is 5.94. The van der Waals surface area contributed by atoms with E-state index in [2.05, 4.69) is 43.8 Å². The van der Waals surface area contributed by atoms with E-state index in [4.69, 9.17) is 11.6 Å². The van der Waals surface area contributed by atoms with Crippen LogP contribution in [0.15, 0.2) is 47.6 Å². The molecule has 0 aliphatic rings. The number of nitrogens with zero attached hydrogens (tertiary/aromatic N) is 1. The molecular weight excluding hydrogens is 495 g/mol. The second-order valence-corrected chi connectivity index (χ2v) is 7.59. The highest BCUT2D eigenvalue weighted by molar-refractivity contribution is 14.1. The number of rotatable bonds is 5. The van der Waals surface area contributed by atoms with Crippen LogP contribution in [0.5, 0.6) is 0 Å². The number of anilines is 2. The van der Waals surface area contributed by atoms with Gasteiger partial charge in [0.1, 0.15) is 0 Å². The van der Waals surface area contributed by atoms with E-state index in [0.717, 1.165) is 9.13 Å². The number of hydrogen-bond acceptors (Lipinski definition) is 4. The van der Waals surface area contributed by atoms with E-state index in [0.29, 0.717) is 22.1 Å². The molecule has 28 heavy (non-hydrogen) atoms. The second kappa shape index (κ2) is 10.2. The van der Waals surface area contributed by atoms with Gasteiger partial charge in [0.15, 0.2) is 0 Å². The zero-order valence-electron chi connectivity index (χ0n) is 15.2. The molecule has 2 aromatic rings. The van der Waals surface area contributed by atoms with Gasteiger partial charge in [-0.05, 0) is 78.4 Å². The molecule has 0 saturated carbocycles. The standard InChI is InChI=1S/C19H18ClIN4O3/c1-11-3-6-15(10-16(11)20)23-18(27)19(28)25-24-12(2)9-17(26)22-14-7-4-13(21)5-8-14/h3-8,10H,9H2,1-2H3,(H,22,26)(H,23,27)(H,25,28). The zero-order chi connectivity index (χ0) is 20.7. The summed E-state index contributed by atoms with van der Waals surface area (Å²) in [4.78, 5) is 35.7. The van der Waals surface area contributed by atoms with E-state index in [9.17, 15) is 14.4 Å². The van der Waals surface area contributed by atoms with Crippen LogP contribution in [0.2, 0.25) is 5.02 Å². The van der Waals surface area contributed by atoms with Gasteiger partial charge in [-0.15, -0.1) is 0 Å². The number of hydrogen-bond donors (Lipinski definition) is 3. The van der Waals surface area contributed by atoms with Crippen molar-refractivity contribution in [1.29, 1.82) is 0 Å². The Hall–Kier alpha value is -2.46. The van der Waals surface area contributed by atoms with Crippen molar-refractivity contribution in [3.05, 3.63) is 56.6 Å². The molecule has 0 aliphatic carbocycles. The maximum Gasteiger partial charge on any atom is 0.329 e. The van der Waals surface area contributed by atoms with Crippen molar-refractivity contribution >= 4 is 69.0 Å². The van der Waals surface area contributed by atoms with Crippen molar-refractivity contribution in [3.63, 3.8) is 0 Å². The van der Waals surface area contributed by atoms with E-state index in [1.807, 2.05) is 19.1 Å². The summed E-state index contributed by atoms with van der Waals surface area (Å²) in [5, 5.41) is 9.41. The third-order valence-corrected chi connectivity index (χ3v) is 4.65. The minimum atomic E-state index is -0.950. The van der Waals surface area contributed by atoms with Crippen molar-refractivity contribution in [2.75, 3.05) is 10.6 Å². The van der Waals surface area contributed by atoms with Gasteiger partial charge in [-0.1, -0.05) is 17.7 Å². The Morgan fingerprint density at radius 1 is 1.00 bits per heavy atom. The Bertz CT molecular complexity index is 929. The third kappa shape index (κ3) is 6.93. The molecule has 0 heterocycles. The van der Waals surface area contributed by atoms with Crippen molar-refractivity contribution in [2.24, 2.45) is 5.10 Å². The first-order valence-corrected chi connectivity index (χ1v) is 9.66. The lowest BCUT2D eigenvalue weighted by molar-refractivity contribution is -0.136. The molecule has 9 heteroatoms. The highest BCUT2D eigenvalue weighted by Crippen LogP contribution is 2.19. The summed E-state index contributed by atoms with van der Waals surface area (Å²) < 4.78 is 1.06. The molecule has 0 aromatic heterocycles. The predicted molar refractivity (Wildman–Crippen MR) is 118 cm³/mol. The van der Waals surface area contributed by atoms with Gasteiger partial charge in [-0.25, -0.2) is 5.43 Å². The first-order valence-electron chi connectivity index (χ1n) is 8.20. The molecule has 0 saturated heterocycles. The van der Waals surface area contributed by atoms with Crippen LogP contribution < -0.4 is 16.1 Å². The van der Waals surface area contributed by atoms with Crippen molar-refractivity contribution in [1.82, 2.24) is 5.43 Å². The summed E-state index contributed by atoms with van der Waals surface area (Å²) in [6, 6.07) is 12.2. The van der Waals surface area contributed by atoms with E-state index in [-0.39, 0.29) is 12.3 Å². The van der Waals surface area contributed by atoms with E-state index in [1.165, 1.54) is 0 Å². The summed E-state index contributed by atoms with van der Waals surface area (Å²) >= 11 is 8.15. The largest absolute Gasteiger partial charge is 0.329 e. The fourth-order valence-electron chi connectivity index (χ4n) is 2.07. The van der Waals surface area contributed by atoms with Gasteiger partial charge in [0.05, 0.1) is 6.42 Å². The lowest BCUT2D eigenvalue weighted by atomic mass is 10.2. The monoisotopic (exact) mass is 512 g/mol. The Labute approximate surface area is 181 Å². The first-order chi connectivity index (χ1) is 13.2. The third-order valence-electron chi connectivity index (χ3n) is 3.53. The number of carbonyl (C=O) groups is 3. The number of aryl methyl sites for hydroxylation is 1. The van der Waals surface area contributed by atoms with Crippen LogP contribution in [-0.2, 0) is 14.4 Å². The molecule has 0 spiro atoms. The van der Waals surface area contributed by atoms with Gasteiger partial charge in [-0.2, -0.15) is 5.10 Å². The van der Waals surface area contributed by atoms with Crippen LogP contribution in [0.1, 0.15) is 18.9 Å². The van der Waals surface area contributed by atoms with Gasteiger partial charge < -0.3 is 10.6 Å². The summed E-state index contributed by atoms with van der Waals surface area (Å²) in [6.45, 7) is 3.40.